The summed E-state index contributed by atoms with van der Waals surface area (Å²) in [4.78, 5) is 14.4. The van der Waals surface area contributed by atoms with Gasteiger partial charge >= 0.3 is 0 Å². The topological polar surface area (TPSA) is 55.1 Å². The van der Waals surface area contributed by atoms with E-state index in [0.29, 0.717) is 0 Å². The Morgan fingerprint density at radius 3 is 2.35 bits per heavy atom. The third-order valence-electron chi connectivity index (χ3n) is 3.11. The predicted octanol–water partition coefficient (Wildman–Crippen LogP) is 2.53. The molecular weight excluding hydrogens is 232 g/mol. The minimum Gasteiger partial charge on any atom is -0.349 e. The molecule has 0 aliphatic rings. The van der Waals surface area contributed by atoms with E-state index >= 15 is 0 Å². The van der Waals surface area contributed by atoms with Gasteiger partial charge in [0.25, 0.3) is 0 Å². The zero-order chi connectivity index (χ0) is 13.2. The first-order chi connectivity index (χ1) is 7.82. The summed E-state index contributed by atoms with van der Waals surface area (Å²) in [5, 5.41) is 3.02. The largest absolute Gasteiger partial charge is 0.349 e. The average Bonchev–Trinajstić information content (AvgIpc) is 2.56. The molecule has 1 aromatic heterocycles. The van der Waals surface area contributed by atoms with E-state index < -0.39 is 0 Å². The molecule has 3 nitrogen and oxygen atoms in total. The number of nitrogens with two attached hydrogens (primary N) is 1. The Morgan fingerprint density at radius 2 is 1.94 bits per heavy atom. The molecule has 17 heavy (non-hydrogen) atoms. The highest BCUT2D eigenvalue weighted by Gasteiger charge is 2.20. The van der Waals surface area contributed by atoms with Gasteiger partial charge in [-0.15, -0.1) is 11.3 Å². The molecule has 0 radical (unpaired) electrons. The number of carbonyl (C=O) groups excluding carboxylic acids is 1. The van der Waals surface area contributed by atoms with Crippen LogP contribution in [0.25, 0.3) is 0 Å². The molecular formula is C13H22N2OS. The van der Waals surface area contributed by atoms with Gasteiger partial charge in [0, 0.05) is 21.7 Å². The van der Waals surface area contributed by atoms with Crippen molar-refractivity contribution in [1.29, 1.82) is 0 Å². The first-order valence-corrected chi connectivity index (χ1v) is 6.77. The zero-order valence-corrected chi connectivity index (χ0v) is 12.0. The maximum atomic E-state index is 11.9. The normalized spacial score (nSPS) is 16.4. The summed E-state index contributed by atoms with van der Waals surface area (Å²) in [6.45, 7) is 9.90. The van der Waals surface area contributed by atoms with E-state index in [4.69, 9.17) is 5.73 Å². The standard InChI is InChI=1S/C13H22N2OS/c1-7-6-12(11(5)17-7)10(4)15-13(16)8(2)9(3)14/h6,8-10H,14H2,1-5H3,(H,15,16). The smallest absolute Gasteiger partial charge is 0.224 e. The predicted molar refractivity (Wildman–Crippen MR) is 73.2 cm³/mol. The Bertz CT molecular complexity index is 398. The van der Waals surface area contributed by atoms with Crippen molar-refractivity contribution in [2.45, 2.75) is 46.7 Å². The molecule has 0 bridgehead atoms. The molecule has 96 valence electrons. The maximum absolute atomic E-state index is 11.9. The molecule has 1 heterocycles. The second-order valence-corrected chi connectivity index (χ2v) is 6.21. The Kier molecular flexibility index (Phi) is 4.71. The average molecular weight is 254 g/mol. The van der Waals surface area contributed by atoms with Gasteiger partial charge in [-0.05, 0) is 39.3 Å². The van der Waals surface area contributed by atoms with Gasteiger partial charge in [0.2, 0.25) is 5.91 Å². The van der Waals surface area contributed by atoms with Gasteiger partial charge in [-0.2, -0.15) is 0 Å². The lowest BCUT2D eigenvalue weighted by molar-refractivity contribution is -0.125. The fourth-order valence-corrected chi connectivity index (χ4v) is 2.76. The molecule has 0 saturated carbocycles. The third-order valence-corrected chi connectivity index (χ3v) is 4.09. The van der Waals surface area contributed by atoms with Crippen molar-refractivity contribution in [3.8, 4) is 0 Å². The number of aryl methyl sites for hydroxylation is 2. The van der Waals surface area contributed by atoms with Crippen LogP contribution >= 0.6 is 11.3 Å². The Hall–Kier alpha value is -0.870. The minimum atomic E-state index is -0.155. The van der Waals surface area contributed by atoms with Crippen LogP contribution in [0.1, 0.15) is 42.1 Å². The summed E-state index contributed by atoms with van der Waals surface area (Å²) in [5.41, 5.74) is 6.93. The van der Waals surface area contributed by atoms with Crippen molar-refractivity contribution in [1.82, 2.24) is 5.32 Å². The van der Waals surface area contributed by atoms with Crippen LogP contribution in [0.15, 0.2) is 6.07 Å². The number of hydrogen-bond acceptors (Lipinski definition) is 3. The molecule has 0 aliphatic heterocycles. The number of amides is 1. The van der Waals surface area contributed by atoms with E-state index in [1.54, 1.807) is 11.3 Å². The lowest BCUT2D eigenvalue weighted by Crippen LogP contribution is -2.39. The Balaban J connectivity index is 2.70. The lowest BCUT2D eigenvalue weighted by Gasteiger charge is -2.19. The van der Waals surface area contributed by atoms with Gasteiger partial charge in [0.05, 0.1) is 6.04 Å². The first kappa shape index (κ1) is 14.2. The summed E-state index contributed by atoms with van der Waals surface area (Å²) in [7, 11) is 0. The number of rotatable bonds is 4. The van der Waals surface area contributed by atoms with Crippen molar-refractivity contribution < 1.29 is 4.79 Å². The van der Waals surface area contributed by atoms with E-state index in [9.17, 15) is 4.79 Å². The van der Waals surface area contributed by atoms with E-state index in [1.165, 1.54) is 15.3 Å². The zero-order valence-electron chi connectivity index (χ0n) is 11.2. The van der Waals surface area contributed by atoms with E-state index in [0.717, 1.165) is 0 Å². The maximum Gasteiger partial charge on any atom is 0.224 e. The van der Waals surface area contributed by atoms with Crippen LogP contribution in [-0.4, -0.2) is 11.9 Å². The minimum absolute atomic E-state index is 0.0238. The van der Waals surface area contributed by atoms with Gasteiger partial charge in [-0.3, -0.25) is 4.79 Å². The second-order valence-electron chi connectivity index (χ2n) is 4.75. The summed E-state index contributed by atoms with van der Waals surface area (Å²) in [5.74, 6) is -0.131. The molecule has 3 unspecified atom stereocenters. The number of carbonyl (C=O) groups is 1. The first-order valence-electron chi connectivity index (χ1n) is 5.95. The summed E-state index contributed by atoms with van der Waals surface area (Å²) in [6, 6.07) is 2.07. The van der Waals surface area contributed by atoms with Crippen LogP contribution < -0.4 is 11.1 Å². The molecule has 1 rings (SSSR count). The summed E-state index contributed by atoms with van der Waals surface area (Å²) in [6.07, 6.45) is 0. The van der Waals surface area contributed by atoms with Crippen molar-refractivity contribution in [2.75, 3.05) is 0 Å². The van der Waals surface area contributed by atoms with Crippen LogP contribution in [0.5, 0.6) is 0 Å². The van der Waals surface area contributed by atoms with Gasteiger partial charge < -0.3 is 11.1 Å². The molecule has 0 aliphatic carbocycles. The lowest BCUT2D eigenvalue weighted by atomic mass is 10.0. The number of hydrogen-bond donors (Lipinski definition) is 2. The van der Waals surface area contributed by atoms with Crippen molar-refractivity contribution in [3.63, 3.8) is 0 Å². The highest BCUT2D eigenvalue weighted by atomic mass is 32.1. The molecule has 0 saturated heterocycles. The highest BCUT2D eigenvalue weighted by Crippen LogP contribution is 2.26. The number of thiophene rings is 1. The highest BCUT2D eigenvalue weighted by molar-refractivity contribution is 7.12. The van der Waals surface area contributed by atoms with Crippen molar-refractivity contribution in [3.05, 3.63) is 21.4 Å². The Labute approximate surface area is 107 Å². The molecule has 0 fully saturated rings. The quantitative estimate of drug-likeness (QED) is 0.867. The summed E-state index contributed by atoms with van der Waals surface area (Å²) >= 11 is 1.76. The molecule has 1 aromatic rings. The van der Waals surface area contributed by atoms with Crippen molar-refractivity contribution >= 4 is 17.2 Å². The van der Waals surface area contributed by atoms with Gasteiger partial charge in [0.1, 0.15) is 0 Å². The molecule has 3 atom stereocenters. The van der Waals surface area contributed by atoms with Gasteiger partial charge in [0.15, 0.2) is 0 Å². The Morgan fingerprint density at radius 1 is 1.35 bits per heavy atom. The van der Waals surface area contributed by atoms with Crippen LogP contribution in [0.4, 0.5) is 0 Å². The van der Waals surface area contributed by atoms with E-state index in [1.807, 2.05) is 20.8 Å². The van der Waals surface area contributed by atoms with Crippen LogP contribution in [0.2, 0.25) is 0 Å². The second kappa shape index (κ2) is 5.65. The monoisotopic (exact) mass is 254 g/mol. The van der Waals surface area contributed by atoms with Crippen LogP contribution in [0, 0.1) is 19.8 Å². The molecule has 3 N–H and O–H groups in total. The van der Waals surface area contributed by atoms with Crippen molar-refractivity contribution in [2.24, 2.45) is 11.7 Å². The van der Waals surface area contributed by atoms with Crippen LogP contribution in [-0.2, 0) is 4.79 Å². The number of nitrogens with one attached hydrogen (secondary N) is 1. The van der Waals surface area contributed by atoms with E-state index in [2.05, 4.69) is 25.2 Å². The van der Waals surface area contributed by atoms with E-state index in [-0.39, 0.29) is 23.9 Å². The molecule has 0 spiro atoms. The molecule has 4 heteroatoms. The SMILES string of the molecule is Cc1cc(C(C)NC(=O)C(C)C(C)N)c(C)s1. The van der Waals surface area contributed by atoms with Gasteiger partial charge in [-0.1, -0.05) is 6.92 Å². The van der Waals surface area contributed by atoms with Gasteiger partial charge in [-0.25, -0.2) is 0 Å². The molecule has 0 aromatic carbocycles. The van der Waals surface area contributed by atoms with Crippen LogP contribution in [0.3, 0.4) is 0 Å². The third kappa shape index (κ3) is 3.54. The summed E-state index contributed by atoms with van der Waals surface area (Å²) < 4.78 is 0. The fraction of sp³-hybridized carbons (Fsp3) is 0.615. The molecule has 1 amide bonds. The fourth-order valence-electron chi connectivity index (χ4n) is 1.74.